The second-order valence-corrected chi connectivity index (χ2v) is 12.1. The molecule has 0 amide bonds. The lowest BCUT2D eigenvalue weighted by Gasteiger charge is -2.44. The summed E-state index contributed by atoms with van der Waals surface area (Å²) in [6.45, 7) is 1.27. The molecule has 0 saturated carbocycles. The van der Waals surface area contributed by atoms with Crippen LogP contribution in [0.25, 0.3) is 0 Å². The summed E-state index contributed by atoms with van der Waals surface area (Å²) in [5.74, 6) is -3.95. The molecule has 2 fully saturated rings. The number of carbonyl (C=O) groups is 5. The number of benzene rings is 3. The number of aliphatic hydroxyl groups excluding tert-OH is 1. The van der Waals surface area contributed by atoms with Crippen LogP contribution in [0.3, 0.4) is 0 Å². The fraction of sp³-hybridized carbons (Fsp3) is 0.395. The van der Waals surface area contributed by atoms with Crippen LogP contribution in [-0.4, -0.2) is 110 Å². The van der Waals surface area contributed by atoms with Gasteiger partial charge in [-0.2, -0.15) is 0 Å². The zero-order valence-corrected chi connectivity index (χ0v) is 29.1. The van der Waals surface area contributed by atoms with Gasteiger partial charge in [0.15, 0.2) is 24.6 Å². The van der Waals surface area contributed by atoms with Crippen molar-refractivity contribution in [3.8, 4) is 0 Å². The second kappa shape index (κ2) is 18.5. The van der Waals surface area contributed by atoms with Crippen molar-refractivity contribution in [1.29, 1.82) is 0 Å². The van der Waals surface area contributed by atoms with E-state index in [0.717, 1.165) is 21.0 Å². The van der Waals surface area contributed by atoms with Gasteiger partial charge < -0.3 is 47.7 Å². The summed E-state index contributed by atoms with van der Waals surface area (Å²) < 4.78 is 51.5. The van der Waals surface area contributed by atoms with Gasteiger partial charge in [0.05, 0.1) is 24.8 Å². The van der Waals surface area contributed by atoms with Crippen molar-refractivity contribution < 1.29 is 71.7 Å². The topological polar surface area (TPSA) is 189 Å². The molecule has 53 heavy (non-hydrogen) atoms. The van der Waals surface area contributed by atoms with E-state index >= 15 is 0 Å². The first-order valence-electron chi connectivity index (χ1n) is 16.7. The van der Waals surface area contributed by atoms with E-state index in [9.17, 15) is 29.1 Å². The Hall–Kier alpha value is -5.19. The molecule has 282 valence electrons. The van der Waals surface area contributed by atoms with Crippen molar-refractivity contribution >= 4 is 29.8 Å². The molecule has 15 heteroatoms. The van der Waals surface area contributed by atoms with Crippen LogP contribution in [0.1, 0.15) is 40.1 Å². The second-order valence-electron chi connectivity index (χ2n) is 12.1. The highest BCUT2D eigenvalue weighted by molar-refractivity contribution is 5.89. The highest BCUT2D eigenvalue weighted by Crippen LogP contribution is 2.34. The quantitative estimate of drug-likeness (QED) is 0.188. The summed E-state index contributed by atoms with van der Waals surface area (Å²) in [4.78, 5) is 63.5. The van der Waals surface area contributed by atoms with Gasteiger partial charge >= 0.3 is 29.8 Å². The van der Waals surface area contributed by atoms with E-state index < -0.39 is 98.2 Å². The zero-order chi connectivity index (χ0) is 37.9. The van der Waals surface area contributed by atoms with Crippen LogP contribution in [0.2, 0.25) is 0 Å². The van der Waals surface area contributed by atoms with Crippen molar-refractivity contribution in [3.05, 3.63) is 108 Å². The first-order valence-corrected chi connectivity index (χ1v) is 16.7. The maximum absolute atomic E-state index is 13.1. The maximum Gasteiger partial charge on any atom is 0.339 e. The third-order valence-corrected chi connectivity index (χ3v) is 8.32. The summed E-state index contributed by atoms with van der Waals surface area (Å²) in [6.07, 6.45) is -13.0. The molecular formula is C38H40O15. The predicted octanol–water partition coefficient (Wildman–Crippen LogP) is 2.56. The van der Waals surface area contributed by atoms with Crippen LogP contribution < -0.4 is 0 Å². The van der Waals surface area contributed by atoms with Crippen molar-refractivity contribution in [3.63, 3.8) is 0 Å². The Labute approximate surface area is 304 Å². The zero-order valence-electron chi connectivity index (χ0n) is 29.1. The molecule has 0 aromatic heterocycles. The number of aliphatic hydroxyl groups is 1. The summed E-state index contributed by atoms with van der Waals surface area (Å²) in [6, 6.07) is 25.2. The maximum atomic E-state index is 13.1. The fourth-order valence-corrected chi connectivity index (χ4v) is 5.86. The molecule has 2 saturated heterocycles. The van der Waals surface area contributed by atoms with Crippen LogP contribution in [0.15, 0.2) is 91.0 Å². The smallest absolute Gasteiger partial charge is 0.339 e. The van der Waals surface area contributed by atoms with E-state index in [1.807, 2.05) is 0 Å². The van der Waals surface area contributed by atoms with E-state index in [0.29, 0.717) is 5.56 Å². The van der Waals surface area contributed by atoms with Gasteiger partial charge in [0.2, 0.25) is 0 Å². The third-order valence-electron chi connectivity index (χ3n) is 8.32. The lowest BCUT2D eigenvalue weighted by Crippen LogP contribution is -2.64. The first-order chi connectivity index (χ1) is 25.5. The summed E-state index contributed by atoms with van der Waals surface area (Å²) in [5.41, 5.74) is 1.21. The number of hydrogen-bond acceptors (Lipinski definition) is 15. The molecule has 0 spiro atoms. The Kier molecular flexibility index (Phi) is 13.6. The standard InChI is InChI=1S/C38H40O15/c1-22(39)49-32-31(46-19-24-13-7-4-8-14-24)34(50-23(2)40)38(53-33(32)37(44)45-3)52-30-28(21-48-36(43)26-17-11-6-12-18-26)51-27(29(30)41)20-47-35(42)25-15-9-5-10-16-25/h4-18,27-34,38,41H,19-21H2,1-3H3/t27-,28-,29-,30-,31+,32+,33-,34-,38-/m1/s1. The number of esters is 5. The Morgan fingerprint density at radius 1 is 0.642 bits per heavy atom. The highest BCUT2D eigenvalue weighted by atomic mass is 16.8. The Morgan fingerprint density at radius 2 is 1.15 bits per heavy atom. The predicted molar refractivity (Wildman–Crippen MR) is 180 cm³/mol. The monoisotopic (exact) mass is 736 g/mol. The molecule has 0 unspecified atom stereocenters. The molecule has 0 aliphatic carbocycles. The number of methoxy groups -OCH3 is 1. The third kappa shape index (κ3) is 10.2. The minimum absolute atomic E-state index is 0.0796. The molecule has 2 heterocycles. The fourth-order valence-electron chi connectivity index (χ4n) is 5.86. The molecule has 2 aliphatic heterocycles. The molecule has 5 rings (SSSR count). The molecule has 3 aromatic carbocycles. The summed E-state index contributed by atoms with van der Waals surface area (Å²) in [7, 11) is 1.09. The number of rotatable bonds is 14. The number of hydrogen-bond donors (Lipinski definition) is 1. The van der Waals surface area contributed by atoms with Crippen LogP contribution in [0.5, 0.6) is 0 Å². The van der Waals surface area contributed by atoms with Crippen molar-refractivity contribution in [2.45, 2.75) is 75.6 Å². The van der Waals surface area contributed by atoms with E-state index in [4.69, 9.17) is 42.6 Å². The SMILES string of the molecule is COC(=O)[C@@H]1O[C@@H](O[C@H]2[C@H](O)[C@@H](COC(=O)c3ccccc3)O[C@@H]2COC(=O)c2ccccc2)[C@H](OC(C)=O)[C@@H](OCc2ccccc2)[C@@H]1OC(C)=O. The molecule has 9 atom stereocenters. The Bertz CT molecular complexity index is 1690. The van der Waals surface area contributed by atoms with Crippen LogP contribution in [-0.2, 0) is 63.6 Å². The van der Waals surface area contributed by atoms with E-state index in [2.05, 4.69) is 0 Å². The molecule has 0 radical (unpaired) electrons. The Balaban J connectivity index is 1.44. The van der Waals surface area contributed by atoms with Crippen molar-refractivity contribution in [2.24, 2.45) is 0 Å². The average molecular weight is 737 g/mol. The van der Waals surface area contributed by atoms with Gasteiger partial charge in [-0.1, -0.05) is 66.7 Å². The van der Waals surface area contributed by atoms with Crippen molar-refractivity contribution in [1.82, 2.24) is 0 Å². The molecule has 2 aliphatic rings. The van der Waals surface area contributed by atoms with Gasteiger partial charge in [-0.05, 0) is 29.8 Å². The van der Waals surface area contributed by atoms with Gasteiger partial charge in [-0.15, -0.1) is 0 Å². The normalized spacial score (nSPS) is 26.5. The number of ether oxygens (including phenoxy) is 9. The van der Waals surface area contributed by atoms with E-state index in [1.54, 1.807) is 91.0 Å². The summed E-state index contributed by atoms with van der Waals surface area (Å²) in [5, 5.41) is 11.6. The van der Waals surface area contributed by atoms with Gasteiger partial charge in [0.25, 0.3) is 0 Å². The van der Waals surface area contributed by atoms with E-state index in [-0.39, 0.29) is 17.7 Å². The molecular weight excluding hydrogens is 696 g/mol. The van der Waals surface area contributed by atoms with Crippen LogP contribution in [0.4, 0.5) is 0 Å². The first kappa shape index (κ1) is 39.0. The lowest BCUT2D eigenvalue weighted by molar-refractivity contribution is -0.321. The van der Waals surface area contributed by atoms with Crippen molar-refractivity contribution in [2.75, 3.05) is 20.3 Å². The minimum atomic E-state index is -1.68. The van der Waals surface area contributed by atoms with Crippen LogP contribution >= 0.6 is 0 Å². The highest BCUT2D eigenvalue weighted by Gasteiger charge is 2.56. The van der Waals surface area contributed by atoms with Gasteiger partial charge in [-0.25, -0.2) is 14.4 Å². The van der Waals surface area contributed by atoms with Gasteiger partial charge in [-0.3, -0.25) is 9.59 Å². The van der Waals surface area contributed by atoms with Gasteiger partial charge in [0, 0.05) is 13.8 Å². The van der Waals surface area contributed by atoms with Gasteiger partial charge in [0.1, 0.15) is 43.7 Å². The molecule has 15 nitrogen and oxygen atoms in total. The molecule has 1 N–H and O–H groups in total. The van der Waals surface area contributed by atoms with E-state index in [1.165, 1.54) is 0 Å². The molecule has 0 bridgehead atoms. The number of carbonyl (C=O) groups excluding carboxylic acids is 5. The lowest BCUT2D eigenvalue weighted by atomic mass is 9.97. The largest absolute Gasteiger partial charge is 0.467 e. The molecule has 3 aromatic rings. The van der Waals surface area contributed by atoms with Crippen LogP contribution in [0, 0.1) is 0 Å². The average Bonchev–Trinajstić information content (AvgIpc) is 3.46. The minimum Gasteiger partial charge on any atom is -0.467 e. The Morgan fingerprint density at radius 3 is 1.68 bits per heavy atom. The summed E-state index contributed by atoms with van der Waals surface area (Å²) >= 11 is 0.